The van der Waals surface area contributed by atoms with E-state index in [9.17, 15) is 13.2 Å². The molecule has 0 unspecified atom stereocenters. The van der Waals surface area contributed by atoms with Crippen molar-refractivity contribution < 1.29 is 13.2 Å². The first kappa shape index (κ1) is 21.6. The van der Waals surface area contributed by atoms with Gasteiger partial charge in [0.25, 0.3) is 5.91 Å². The van der Waals surface area contributed by atoms with Crippen LogP contribution in [0.3, 0.4) is 0 Å². The Kier molecular flexibility index (Phi) is 5.90. The zero-order valence-electron chi connectivity index (χ0n) is 18.2. The third-order valence-corrected chi connectivity index (χ3v) is 8.06. The molecule has 166 valence electrons. The number of nitrogens with zero attached hydrogens (tertiary/aromatic N) is 4. The maximum Gasteiger partial charge on any atom is 0.270 e. The van der Waals surface area contributed by atoms with E-state index < -0.39 is 10.0 Å². The Labute approximate surface area is 182 Å². The molecule has 3 aromatic rings. The second-order valence-electron chi connectivity index (χ2n) is 7.99. The van der Waals surface area contributed by atoms with Crippen LogP contribution in [0, 0.1) is 0 Å². The molecule has 0 bridgehead atoms. The fourth-order valence-electron chi connectivity index (χ4n) is 4.31. The lowest BCUT2D eigenvalue weighted by atomic mass is 9.97. The third kappa shape index (κ3) is 3.99. The Morgan fingerprint density at radius 1 is 1.26 bits per heavy atom. The van der Waals surface area contributed by atoms with Gasteiger partial charge < -0.3 is 14.5 Å². The zero-order valence-corrected chi connectivity index (χ0v) is 19.0. The number of sulfonamides is 1. The number of aryl methyl sites for hydroxylation is 1. The Bertz CT molecular complexity index is 1160. The monoisotopic (exact) mass is 443 g/mol. The summed E-state index contributed by atoms with van der Waals surface area (Å²) < 4.78 is 28.7. The standard InChI is InChI=1S/C22H29N5O3S/c1-4-27(5-2)31(29,30)17-13-20(25(3)15-17)22(28)26-12-8-9-16(14-26)21-23-18-10-6-7-11-19(18)24-21/h6-7,10-11,13,15-16H,4-5,8-9,12,14H2,1-3H3,(H,23,24)/t16-/m1/s1. The fourth-order valence-corrected chi connectivity index (χ4v) is 5.84. The highest BCUT2D eigenvalue weighted by molar-refractivity contribution is 7.89. The van der Waals surface area contributed by atoms with Crippen LogP contribution < -0.4 is 0 Å². The number of rotatable bonds is 6. The number of aromatic amines is 1. The van der Waals surface area contributed by atoms with Gasteiger partial charge in [0.1, 0.15) is 16.4 Å². The van der Waals surface area contributed by atoms with Crippen molar-refractivity contribution in [2.45, 2.75) is 37.5 Å². The molecule has 1 aromatic carbocycles. The first-order valence-electron chi connectivity index (χ1n) is 10.8. The second kappa shape index (κ2) is 8.47. The first-order valence-corrected chi connectivity index (χ1v) is 12.2. The maximum atomic E-state index is 13.3. The lowest BCUT2D eigenvalue weighted by molar-refractivity contribution is 0.0695. The summed E-state index contributed by atoms with van der Waals surface area (Å²) in [6, 6.07) is 9.41. The number of carbonyl (C=O) groups is 1. The Morgan fingerprint density at radius 2 is 2.00 bits per heavy atom. The molecule has 1 N–H and O–H groups in total. The molecule has 1 aliphatic heterocycles. The molecule has 1 fully saturated rings. The van der Waals surface area contributed by atoms with E-state index in [1.165, 1.54) is 16.6 Å². The van der Waals surface area contributed by atoms with Crippen molar-refractivity contribution in [3.05, 3.63) is 48.0 Å². The number of carbonyl (C=O) groups excluding carboxylic acids is 1. The van der Waals surface area contributed by atoms with Gasteiger partial charge in [0.15, 0.2) is 0 Å². The molecule has 0 spiro atoms. The summed E-state index contributed by atoms with van der Waals surface area (Å²) in [4.78, 5) is 23.4. The van der Waals surface area contributed by atoms with E-state index in [2.05, 4.69) is 4.98 Å². The highest BCUT2D eigenvalue weighted by atomic mass is 32.2. The molecule has 1 amide bonds. The molecule has 2 aromatic heterocycles. The lowest BCUT2D eigenvalue weighted by Gasteiger charge is -2.32. The summed E-state index contributed by atoms with van der Waals surface area (Å²) in [6.45, 7) is 5.61. The molecule has 4 rings (SSSR count). The summed E-state index contributed by atoms with van der Waals surface area (Å²) in [6.07, 6.45) is 3.36. The van der Waals surface area contributed by atoms with Crippen molar-refractivity contribution in [3.63, 3.8) is 0 Å². The van der Waals surface area contributed by atoms with Gasteiger partial charge in [0, 0.05) is 45.3 Å². The predicted octanol–water partition coefficient (Wildman–Crippen LogP) is 2.95. The summed E-state index contributed by atoms with van der Waals surface area (Å²) in [5.74, 6) is 0.879. The van der Waals surface area contributed by atoms with Crippen LogP contribution in [0.15, 0.2) is 41.4 Å². The van der Waals surface area contributed by atoms with Crippen LogP contribution in [-0.4, -0.2) is 64.2 Å². The minimum absolute atomic E-state index is 0.129. The van der Waals surface area contributed by atoms with Gasteiger partial charge >= 0.3 is 0 Å². The smallest absolute Gasteiger partial charge is 0.270 e. The van der Waals surface area contributed by atoms with Crippen LogP contribution in [0.2, 0.25) is 0 Å². The molecule has 9 heteroatoms. The highest BCUT2D eigenvalue weighted by Crippen LogP contribution is 2.28. The number of likely N-dealkylation sites (tertiary alicyclic amines) is 1. The third-order valence-electron chi connectivity index (χ3n) is 6.05. The zero-order chi connectivity index (χ0) is 22.2. The maximum absolute atomic E-state index is 13.3. The van der Waals surface area contributed by atoms with Crippen LogP contribution in [-0.2, 0) is 17.1 Å². The molecule has 8 nitrogen and oxygen atoms in total. The average Bonchev–Trinajstić information content (AvgIpc) is 3.38. The lowest BCUT2D eigenvalue weighted by Crippen LogP contribution is -2.40. The summed E-state index contributed by atoms with van der Waals surface area (Å²) in [5, 5.41) is 0. The molecule has 1 aliphatic rings. The van der Waals surface area contributed by atoms with Crippen molar-refractivity contribution in [3.8, 4) is 0 Å². The number of imidazole rings is 1. The van der Waals surface area contributed by atoms with Crippen LogP contribution in [0.5, 0.6) is 0 Å². The molecule has 31 heavy (non-hydrogen) atoms. The van der Waals surface area contributed by atoms with Crippen molar-refractivity contribution >= 4 is 27.0 Å². The largest absolute Gasteiger partial charge is 0.345 e. The molecule has 0 radical (unpaired) electrons. The van der Waals surface area contributed by atoms with Crippen molar-refractivity contribution in [1.82, 2.24) is 23.7 Å². The van der Waals surface area contributed by atoms with Crippen LogP contribution in [0.4, 0.5) is 0 Å². The van der Waals surface area contributed by atoms with Crippen LogP contribution in [0.25, 0.3) is 11.0 Å². The van der Waals surface area contributed by atoms with Crippen molar-refractivity contribution in [2.75, 3.05) is 26.2 Å². The Morgan fingerprint density at radius 3 is 2.71 bits per heavy atom. The average molecular weight is 444 g/mol. The fraction of sp³-hybridized carbons (Fsp3) is 0.455. The van der Waals surface area contributed by atoms with Crippen molar-refractivity contribution in [1.29, 1.82) is 0 Å². The van der Waals surface area contributed by atoms with Gasteiger partial charge in [-0.1, -0.05) is 26.0 Å². The molecule has 0 saturated carbocycles. The highest BCUT2D eigenvalue weighted by Gasteiger charge is 2.30. The van der Waals surface area contributed by atoms with E-state index in [4.69, 9.17) is 4.98 Å². The minimum Gasteiger partial charge on any atom is -0.345 e. The first-order chi connectivity index (χ1) is 14.8. The molecule has 1 atom stereocenters. The van der Waals surface area contributed by atoms with E-state index in [-0.39, 0.29) is 16.7 Å². The second-order valence-corrected chi connectivity index (χ2v) is 9.93. The topological polar surface area (TPSA) is 91.3 Å². The van der Waals surface area contributed by atoms with Gasteiger partial charge in [-0.15, -0.1) is 0 Å². The van der Waals surface area contributed by atoms with E-state index in [1.807, 2.05) is 43.0 Å². The normalized spacial score (nSPS) is 17.5. The Balaban J connectivity index is 1.56. The van der Waals surface area contributed by atoms with Crippen LogP contribution in [0.1, 0.15) is 48.9 Å². The summed E-state index contributed by atoms with van der Waals surface area (Å²) >= 11 is 0. The van der Waals surface area contributed by atoms with E-state index in [0.29, 0.717) is 31.9 Å². The van der Waals surface area contributed by atoms with Crippen LogP contribution >= 0.6 is 0 Å². The Hall–Kier alpha value is -2.65. The summed E-state index contributed by atoms with van der Waals surface area (Å²) in [5.41, 5.74) is 2.31. The summed E-state index contributed by atoms with van der Waals surface area (Å²) in [7, 11) is -1.89. The van der Waals surface area contributed by atoms with Gasteiger partial charge in [-0.25, -0.2) is 13.4 Å². The number of amides is 1. The predicted molar refractivity (Wildman–Crippen MR) is 119 cm³/mol. The molecular formula is C22H29N5O3S. The number of nitrogens with one attached hydrogen (secondary N) is 1. The van der Waals surface area contributed by atoms with Gasteiger partial charge in [-0.3, -0.25) is 4.79 Å². The number of aromatic nitrogens is 3. The SMILES string of the molecule is CCN(CC)S(=O)(=O)c1cc(C(=O)N2CCC[C@@H](c3nc4ccccc4[nH]3)C2)n(C)c1. The number of para-hydroxylation sites is 2. The number of piperidine rings is 1. The number of hydrogen-bond donors (Lipinski definition) is 1. The molecule has 3 heterocycles. The van der Waals surface area contributed by atoms with Gasteiger partial charge in [-0.05, 0) is 31.0 Å². The molecule has 1 saturated heterocycles. The quantitative estimate of drug-likeness (QED) is 0.634. The van der Waals surface area contributed by atoms with E-state index in [1.54, 1.807) is 11.6 Å². The van der Waals surface area contributed by atoms with Gasteiger partial charge in [0.05, 0.1) is 11.0 Å². The minimum atomic E-state index is -3.61. The number of fused-ring (bicyclic) bond motifs is 1. The van der Waals surface area contributed by atoms with E-state index in [0.717, 1.165) is 29.7 Å². The molecular weight excluding hydrogens is 414 g/mol. The number of hydrogen-bond acceptors (Lipinski definition) is 4. The van der Waals surface area contributed by atoms with Gasteiger partial charge in [-0.2, -0.15) is 4.31 Å². The van der Waals surface area contributed by atoms with E-state index >= 15 is 0 Å². The van der Waals surface area contributed by atoms with Crippen molar-refractivity contribution in [2.24, 2.45) is 7.05 Å². The van der Waals surface area contributed by atoms with Gasteiger partial charge in [0.2, 0.25) is 10.0 Å². The molecule has 0 aliphatic carbocycles. The number of H-pyrrole nitrogens is 1. The number of benzene rings is 1.